The van der Waals surface area contributed by atoms with Crippen LogP contribution in [0.2, 0.25) is 0 Å². The number of aliphatic hydroxyl groups excluding tert-OH is 1. The van der Waals surface area contributed by atoms with E-state index in [9.17, 15) is 10.2 Å². The van der Waals surface area contributed by atoms with Gasteiger partial charge in [-0.1, -0.05) is 30.3 Å². The Morgan fingerprint density at radius 1 is 1.09 bits per heavy atom. The van der Waals surface area contributed by atoms with Gasteiger partial charge < -0.3 is 19.7 Å². The van der Waals surface area contributed by atoms with E-state index in [0.29, 0.717) is 17.1 Å². The molecule has 2 rings (SSSR count). The normalized spacial score (nSPS) is 12.3. The fourth-order valence-electron chi connectivity index (χ4n) is 2.03. The van der Waals surface area contributed by atoms with Crippen molar-refractivity contribution in [2.24, 2.45) is 4.99 Å². The molecule has 0 heterocycles. The predicted octanol–water partition coefficient (Wildman–Crippen LogP) is 2.56. The van der Waals surface area contributed by atoms with E-state index in [1.54, 1.807) is 18.3 Å². The molecular weight excluding hydrogens is 282 g/mol. The van der Waals surface area contributed by atoms with Crippen LogP contribution in [0.4, 0.5) is 0 Å². The van der Waals surface area contributed by atoms with Crippen molar-refractivity contribution in [2.75, 3.05) is 20.8 Å². The van der Waals surface area contributed by atoms with E-state index in [4.69, 9.17) is 9.47 Å². The van der Waals surface area contributed by atoms with Crippen LogP contribution < -0.4 is 9.47 Å². The Kier molecular flexibility index (Phi) is 5.38. The minimum absolute atomic E-state index is 0.0496. The number of methoxy groups -OCH3 is 2. The van der Waals surface area contributed by atoms with Crippen molar-refractivity contribution >= 4 is 6.21 Å². The molecule has 0 fully saturated rings. The standard InChI is InChI=1S/C17H19NO4/c1-21-15-8-12(9-16(22-2)17(15)20)10-18-11-14(19)13-6-4-3-5-7-13/h3-10,14,19-20H,11H2,1-2H3. The molecule has 2 aromatic carbocycles. The largest absolute Gasteiger partial charge is 0.502 e. The van der Waals surface area contributed by atoms with E-state index in [1.165, 1.54) is 14.2 Å². The molecule has 5 heteroatoms. The molecule has 2 aromatic rings. The maximum absolute atomic E-state index is 10.0. The van der Waals surface area contributed by atoms with Gasteiger partial charge in [0.15, 0.2) is 11.5 Å². The number of phenolic OH excluding ortho intramolecular Hbond substituents is 1. The second-order valence-corrected chi connectivity index (χ2v) is 4.69. The van der Waals surface area contributed by atoms with E-state index in [-0.39, 0.29) is 12.3 Å². The number of phenols is 1. The van der Waals surface area contributed by atoms with Crippen molar-refractivity contribution in [3.8, 4) is 17.2 Å². The van der Waals surface area contributed by atoms with E-state index < -0.39 is 6.10 Å². The molecule has 0 aliphatic rings. The quantitative estimate of drug-likeness (QED) is 0.804. The predicted molar refractivity (Wildman–Crippen MR) is 85.1 cm³/mol. The zero-order valence-corrected chi connectivity index (χ0v) is 12.6. The summed E-state index contributed by atoms with van der Waals surface area (Å²) in [7, 11) is 2.93. The summed E-state index contributed by atoms with van der Waals surface area (Å²) >= 11 is 0. The Labute approximate surface area is 129 Å². The van der Waals surface area contributed by atoms with Crippen LogP contribution in [0.3, 0.4) is 0 Å². The van der Waals surface area contributed by atoms with Crippen molar-refractivity contribution < 1.29 is 19.7 Å². The summed E-state index contributed by atoms with van der Waals surface area (Å²) in [6.07, 6.45) is 0.953. The molecule has 0 saturated carbocycles. The van der Waals surface area contributed by atoms with E-state index in [1.807, 2.05) is 30.3 Å². The summed E-state index contributed by atoms with van der Waals surface area (Å²) in [5, 5.41) is 19.9. The summed E-state index contributed by atoms with van der Waals surface area (Å²) in [6.45, 7) is 0.246. The van der Waals surface area contributed by atoms with Crippen LogP contribution in [-0.4, -0.2) is 37.2 Å². The van der Waals surface area contributed by atoms with E-state index >= 15 is 0 Å². The molecule has 0 radical (unpaired) electrons. The first kappa shape index (κ1) is 15.9. The number of nitrogens with zero attached hydrogens (tertiary/aromatic N) is 1. The Morgan fingerprint density at radius 3 is 2.23 bits per heavy atom. The van der Waals surface area contributed by atoms with Crippen LogP contribution in [0.5, 0.6) is 17.2 Å². The maximum Gasteiger partial charge on any atom is 0.200 e. The summed E-state index contributed by atoms with van der Waals surface area (Å²) < 4.78 is 10.2. The minimum atomic E-state index is -0.654. The molecule has 116 valence electrons. The second kappa shape index (κ2) is 7.47. The van der Waals surface area contributed by atoms with Crippen LogP contribution >= 0.6 is 0 Å². The van der Waals surface area contributed by atoms with Gasteiger partial charge in [0.2, 0.25) is 5.75 Å². The van der Waals surface area contributed by atoms with Crippen LogP contribution in [0.25, 0.3) is 0 Å². The van der Waals surface area contributed by atoms with Gasteiger partial charge in [-0.2, -0.15) is 0 Å². The van der Waals surface area contributed by atoms with Gasteiger partial charge in [-0.3, -0.25) is 4.99 Å². The van der Waals surface area contributed by atoms with Crippen molar-refractivity contribution in [2.45, 2.75) is 6.10 Å². The number of hydrogen-bond acceptors (Lipinski definition) is 5. The number of aliphatic hydroxyl groups is 1. The molecule has 0 aliphatic heterocycles. The first-order valence-corrected chi connectivity index (χ1v) is 6.83. The average molecular weight is 301 g/mol. The first-order valence-electron chi connectivity index (χ1n) is 6.83. The highest BCUT2D eigenvalue weighted by Crippen LogP contribution is 2.36. The summed E-state index contributed by atoms with van der Waals surface area (Å²) in [6, 6.07) is 12.6. The number of hydrogen-bond donors (Lipinski definition) is 2. The number of rotatable bonds is 6. The second-order valence-electron chi connectivity index (χ2n) is 4.69. The van der Waals surface area contributed by atoms with Crippen LogP contribution in [0, 0.1) is 0 Å². The summed E-state index contributed by atoms with van der Waals surface area (Å²) in [5.74, 6) is 0.570. The molecule has 0 spiro atoms. The SMILES string of the molecule is COc1cc(C=NCC(O)c2ccccc2)cc(OC)c1O. The van der Waals surface area contributed by atoms with E-state index in [0.717, 1.165) is 5.56 Å². The molecule has 1 unspecified atom stereocenters. The third-order valence-corrected chi connectivity index (χ3v) is 3.21. The van der Waals surface area contributed by atoms with Crippen LogP contribution in [0.1, 0.15) is 17.2 Å². The van der Waals surface area contributed by atoms with Crippen molar-refractivity contribution in [3.63, 3.8) is 0 Å². The molecule has 5 nitrogen and oxygen atoms in total. The summed E-state index contributed by atoms with van der Waals surface area (Å²) in [5.41, 5.74) is 1.53. The number of aromatic hydroxyl groups is 1. The lowest BCUT2D eigenvalue weighted by atomic mass is 10.1. The van der Waals surface area contributed by atoms with Gasteiger partial charge in [-0.15, -0.1) is 0 Å². The van der Waals surface area contributed by atoms with Gasteiger partial charge in [0.05, 0.1) is 26.9 Å². The monoisotopic (exact) mass is 301 g/mol. The van der Waals surface area contributed by atoms with Crippen LogP contribution in [0.15, 0.2) is 47.5 Å². The lowest BCUT2D eigenvalue weighted by Crippen LogP contribution is -2.01. The lowest BCUT2D eigenvalue weighted by molar-refractivity contribution is 0.187. The average Bonchev–Trinajstić information content (AvgIpc) is 2.56. The lowest BCUT2D eigenvalue weighted by Gasteiger charge is -2.10. The third kappa shape index (κ3) is 3.77. The molecule has 0 aliphatic carbocycles. The fourth-order valence-corrected chi connectivity index (χ4v) is 2.03. The zero-order chi connectivity index (χ0) is 15.9. The molecule has 2 N–H and O–H groups in total. The van der Waals surface area contributed by atoms with Crippen LogP contribution in [-0.2, 0) is 0 Å². The zero-order valence-electron chi connectivity index (χ0n) is 12.6. The molecular formula is C17H19NO4. The van der Waals surface area contributed by atoms with Gasteiger partial charge in [0, 0.05) is 6.21 Å². The minimum Gasteiger partial charge on any atom is -0.502 e. The number of aliphatic imine (C=N–C) groups is 1. The van der Waals surface area contributed by atoms with Crippen molar-refractivity contribution in [1.29, 1.82) is 0 Å². The van der Waals surface area contributed by atoms with Gasteiger partial charge in [0.1, 0.15) is 0 Å². The van der Waals surface area contributed by atoms with E-state index in [2.05, 4.69) is 4.99 Å². The maximum atomic E-state index is 10.0. The van der Waals surface area contributed by atoms with Gasteiger partial charge in [-0.05, 0) is 23.3 Å². The number of ether oxygens (including phenoxy) is 2. The Hall–Kier alpha value is -2.53. The topological polar surface area (TPSA) is 71.3 Å². The molecule has 0 aromatic heterocycles. The fraction of sp³-hybridized carbons (Fsp3) is 0.235. The molecule has 1 atom stereocenters. The smallest absolute Gasteiger partial charge is 0.200 e. The Bertz CT molecular complexity index is 615. The van der Waals surface area contributed by atoms with Gasteiger partial charge in [-0.25, -0.2) is 0 Å². The first-order chi connectivity index (χ1) is 10.7. The van der Waals surface area contributed by atoms with Gasteiger partial charge >= 0.3 is 0 Å². The highest BCUT2D eigenvalue weighted by molar-refractivity contribution is 5.82. The van der Waals surface area contributed by atoms with Crippen molar-refractivity contribution in [1.82, 2.24) is 0 Å². The summed E-state index contributed by atoms with van der Waals surface area (Å²) in [4.78, 5) is 4.23. The molecule has 0 saturated heterocycles. The third-order valence-electron chi connectivity index (χ3n) is 3.21. The highest BCUT2D eigenvalue weighted by Gasteiger charge is 2.10. The van der Waals surface area contributed by atoms with Gasteiger partial charge in [0.25, 0.3) is 0 Å². The Morgan fingerprint density at radius 2 is 1.68 bits per heavy atom. The molecule has 22 heavy (non-hydrogen) atoms. The highest BCUT2D eigenvalue weighted by atomic mass is 16.5. The molecule has 0 amide bonds. The van der Waals surface area contributed by atoms with Crippen molar-refractivity contribution in [3.05, 3.63) is 53.6 Å². The Balaban J connectivity index is 2.10. The molecule has 0 bridgehead atoms. The number of benzene rings is 2.